The van der Waals surface area contributed by atoms with Gasteiger partial charge in [0.25, 0.3) is 5.91 Å². The Morgan fingerprint density at radius 1 is 1.21 bits per heavy atom. The summed E-state index contributed by atoms with van der Waals surface area (Å²) in [6, 6.07) is 5.90. The molecule has 3 N–H and O–H groups in total. The number of sulfonamides is 1. The molecule has 3 rings (SSSR count). The third kappa shape index (κ3) is 5.10. The van der Waals surface area contributed by atoms with Gasteiger partial charge in [0, 0.05) is 29.8 Å². The van der Waals surface area contributed by atoms with Crippen LogP contribution in [0.25, 0.3) is 0 Å². The number of hydrogen-bond donors (Lipinski definition) is 2. The van der Waals surface area contributed by atoms with Gasteiger partial charge in [0.1, 0.15) is 0 Å². The van der Waals surface area contributed by atoms with E-state index in [2.05, 4.69) is 10.3 Å². The summed E-state index contributed by atoms with van der Waals surface area (Å²) < 4.78 is 26.5. The second-order valence-electron chi connectivity index (χ2n) is 6.19. The van der Waals surface area contributed by atoms with Gasteiger partial charge in [-0.1, -0.05) is 0 Å². The lowest BCUT2D eigenvalue weighted by Gasteiger charge is -2.15. The molecule has 0 atom stereocenters. The van der Waals surface area contributed by atoms with Crippen molar-refractivity contribution in [2.45, 2.75) is 23.5 Å². The van der Waals surface area contributed by atoms with Gasteiger partial charge in [-0.15, -0.1) is 23.1 Å². The summed E-state index contributed by atoms with van der Waals surface area (Å²) in [5.74, 6) is -0.00988. The van der Waals surface area contributed by atoms with Crippen molar-refractivity contribution in [1.29, 1.82) is 0 Å². The van der Waals surface area contributed by atoms with Gasteiger partial charge in [-0.2, -0.15) is 4.31 Å². The number of primary amides is 1. The zero-order valence-electron chi connectivity index (χ0n) is 15.0. The van der Waals surface area contributed by atoms with Crippen LogP contribution >= 0.6 is 23.1 Å². The standard InChI is InChI=1S/C17H20N4O4S3/c18-15(22)11-26-9-13-10-27-17(19-13)20-16(23)12-3-5-14(6-4-12)28(24,25)21-7-1-2-8-21/h3-6,10H,1-2,7-9,11H2,(H2,18,22)(H,19,20,23). The zero-order chi connectivity index (χ0) is 20.1. The van der Waals surface area contributed by atoms with Crippen LogP contribution in [0.15, 0.2) is 34.5 Å². The average Bonchev–Trinajstić information content (AvgIpc) is 3.34. The van der Waals surface area contributed by atoms with Gasteiger partial charge < -0.3 is 5.73 Å². The van der Waals surface area contributed by atoms with Crippen molar-refractivity contribution in [2.24, 2.45) is 5.73 Å². The Labute approximate surface area is 171 Å². The summed E-state index contributed by atoms with van der Waals surface area (Å²) in [5, 5.41) is 4.94. The third-order valence-electron chi connectivity index (χ3n) is 4.09. The molecule has 0 saturated carbocycles. The maximum absolute atomic E-state index is 12.5. The monoisotopic (exact) mass is 440 g/mol. The highest BCUT2D eigenvalue weighted by Gasteiger charge is 2.27. The van der Waals surface area contributed by atoms with Crippen LogP contribution in [-0.4, -0.2) is 48.4 Å². The number of carbonyl (C=O) groups is 2. The van der Waals surface area contributed by atoms with E-state index in [1.165, 1.54) is 51.7 Å². The quantitative estimate of drug-likeness (QED) is 0.646. The highest BCUT2D eigenvalue weighted by molar-refractivity contribution is 7.99. The Balaban J connectivity index is 1.60. The van der Waals surface area contributed by atoms with Crippen LogP contribution in [0.1, 0.15) is 28.9 Å². The van der Waals surface area contributed by atoms with E-state index in [4.69, 9.17) is 5.73 Å². The van der Waals surface area contributed by atoms with Crippen molar-refractivity contribution < 1.29 is 18.0 Å². The second-order valence-corrected chi connectivity index (χ2v) is 9.97. The highest BCUT2D eigenvalue weighted by Crippen LogP contribution is 2.22. The molecule has 0 radical (unpaired) electrons. The van der Waals surface area contributed by atoms with Crippen LogP contribution in [0.4, 0.5) is 5.13 Å². The Morgan fingerprint density at radius 2 is 1.89 bits per heavy atom. The van der Waals surface area contributed by atoms with E-state index in [-0.39, 0.29) is 22.5 Å². The van der Waals surface area contributed by atoms with Crippen molar-refractivity contribution in [3.8, 4) is 0 Å². The van der Waals surface area contributed by atoms with Gasteiger partial charge in [0.05, 0.1) is 16.3 Å². The largest absolute Gasteiger partial charge is 0.369 e. The molecule has 11 heteroatoms. The van der Waals surface area contributed by atoms with Crippen LogP contribution in [0.3, 0.4) is 0 Å². The lowest BCUT2D eigenvalue weighted by molar-refractivity contribution is -0.115. The fourth-order valence-electron chi connectivity index (χ4n) is 2.71. The van der Waals surface area contributed by atoms with E-state index in [1.54, 1.807) is 5.38 Å². The van der Waals surface area contributed by atoms with E-state index in [0.717, 1.165) is 18.5 Å². The van der Waals surface area contributed by atoms with Crippen LogP contribution in [0.5, 0.6) is 0 Å². The SMILES string of the molecule is NC(=O)CSCc1csc(NC(=O)c2ccc(S(=O)(=O)N3CCCC3)cc2)n1. The summed E-state index contributed by atoms with van der Waals surface area (Å²) in [6.45, 7) is 1.07. The number of nitrogens with zero attached hydrogens (tertiary/aromatic N) is 2. The van der Waals surface area contributed by atoms with E-state index in [1.807, 2.05) is 0 Å². The summed E-state index contributed by atoms with van der Waals surface area (Å²) >= 11 is 2.63. The lowest BCUT2D eigenvalue weighted by Crippen LogP contribution is -2.27. The van der Waals surface area contributed by atoms with Crippen molar-refractivity contribution in [3.05, 3.63) is 40.9 Å². The number of thioether (sulfide) groups is 1. The van der Waals surface area contributed by atoms with Gasteiger partial charge in [0.2, 0.25) is 15.9 Å². The molecule has 28 heavy (non-hydrogen) atoms. The molecule has 0 spiro atoms. The first kappa shape index (κ1) is 20.8. The number of nitrogens with two attached hydrogens (primary N) is 1. The first-order valence-corrected chi connectivity index (χ1v) is 12.1. The van der Waals surface area contributed by atoms with Crippen molar-refractivity contribution in [1.82, 2.24) is 9.29 Å². The summed E-state index contributed by atoms with van der Waals surface area (Å²) in [7, 11) is -3.50. The van der Waals surface area contributed by atoms with Crippen LogP contribution in [0.2, 0.25) is 0 Å². The molecule has 8 nitrogen and oxygen atoms in total. The summed E-state index contributed by atoms with van der Waals surface area (Å²) in [5.41, 5.74) is 6.19. The van der Waals surface area contributed by atoms with Gasteiger partial charge in [-0.25, -0.2) is 13.4 Å². The molecular formula is C17H20N4O4S3. The fourth-order valence-corrected chi connectivity index (χ4v) is 5.70. The zero-order valence-corrected chi connectivity index (χ0v) is 17.4. The van der Waals surface area contributed by atoms with Gasteiger partial charge in [0.15, 0.2) is 5.13 Å². The minimum atomic E-state index is -3.50. The number of carbonyl (C=O) groups excluding carboxylic acids is 2. The highest BCUT2D eigenvalue weighted by atomic mass is 32.2. The van der Waals surface area contributed by atoms with Crippen LogP contribution in [0, 0.1) is 0 Å². The fraction of sp³-hybridized carbons (Fsp3) is 0.353. The number of anilines is 1. The molecular weight excluding hydrogens is 420 g/mol. The average molecular weight is 441 g/mol. The molecule has 1 aromatic heterocycles. The van der Waals surface area contributed by atoms with Gasteiger partial charge >= 0.3 is 0 Å². The molecule has 2 aromatic rings. The Hall–Kier alpha value is -1.95. The Kier molecular flexibility index (Phi) is 6.70. The molecule has 2 heterocycles. The normalized spacial score (nSPS) is 14.9. The number of aromatic nitrogens is 1. The van der Waals surface area contributed by atoms with E-state index >= 15 is 0 Å². The second kappa shape index (κ2) is 9.03. The van der Waals surface area contributed by atoms with Gasteiger partial charge in [-0.05, 0) is 37.1 Å². The molecule has 0 aliphatic carbocycles. The molecule has 1 saturated heterocycles. The smallest absolute Gasteiger partial charge is 0.257 e. The minimum Gasteiger partial charge on any atom is -0.369 e. The van der Waals surface area contributed by atoms with E-state index < -0.39 is 10.0 Å². The number of amides is 2. The summed E-state index contributed by atoms with van der Waals surface area (Å²) in [4.78, 5) is 27.6. The number of nitrogens with one attached hydrogen (secondary N) is 1. The van der Waals surface area contributed by atoms with E-state index in [0.29, 0.717) is 29.5 Å². The maximum Gasteiger partial charge on any atom is 0.257 e. The molecule has 0 unspecified atom stereocenters. The van der Waals surface area contributed by atoms with Crippen LogP contribution in [-0.2, 0) is 20.6 Å². The van der Waals surface area contributed by atoms with Crippen LogP contribution < -0.4 is 11.1 Å². The predicted molar refractivity (Wildman–Crippen MR) is 110 cm³/mol. The van der Waals surface area contributed by atoms with Crippen molar-refractivity contribution >= 4 is 50.1 Å². The third-order valence-corrected chi connectivity index (χ3v) is 7.79. The van der Waals surface area contributed by atoms with Crippen molar-refractivity contribution in [2.75, 3.05) is 24.2 Å². The molecule has 150 valence electrons. The predicted octanol–water partition coefficient (Wildman–Crippen LogP) is 1.90. The Bertz CT molecular complexity index is 951. The first-order chi connectivity index (χ1) is 13.4. The number of hydrogen-bond acceptors (Lipinski definition) is 7. The van der Waals surface area contributed by atoms with Gasteiger partial charge in [-0.3, -0.25) is 14.9 Å². The Morgan fingerprint density at radius 3 is 2.54 bits per heavy atom. The minimum absolute atomic E-state index is 0.189. The molecule has 0 bridgehead atoms. The molecule has 1 fully saturated rings. The number of rotatable bonds is 8. The summed E-state index contributed by atoms with van der Waals surface area (Å²) in [6.07, 6.45) is 1.74. The maximum atomic E-state index is 12.5. The first-order valence-electron chi connectivity index (χ1n) is 8.58. The molecule has 1 aliphatic heterocycles. The van der Waals surface area contributed by atoms with Crippen molar-refractivity contribution in [3.63, 3.8) is 0 Å². The lowest BCUT2D eigenvalue weighted by atomic mass is 10.2. The number of thiazole rings is 1. The molecule has 1 aliphatic rings. The molecule has 2 amide bonds. The van der Waals surface area contributed by atoms with E-state index in [9.17, 15) is 18.0 Å². The number of benzene rings is 1. The topological polar surface area (TPSA) is 122 Å². The molecule has 1 aromatic carbocycles.